The third kappa shape index (κ3) is 9.43. The van der Waals surface area contributed by atoms with Gasteiger partial charge in [-0.1, -0.05) is 0 Å². The molecule has 0 unspecified atom stereocenters. The fourth-order valence-electron chi connectivity index (χ4n) is 0.351. The van der Waals surface area contributed by atoms with Crippen molar-refractivity contribution < 1.29 is 32.0 Å². The molecule has 0 aromatic rings. The molecule has 0 N–H and O–H groups in total. The maximum Gasteiger partial charge on any atom is 0.137 e. The van der Waals surface area contributed by atoms with E-state index in [2.05, 4.69) is 0 Å². The largest absolute Gasteiger partial charge is 0.300 e. The van der Waals surface area contributed by atoms with E-state index in [1.54, 1.807) is 0 Å². The summed E-state index contributed by atoms with van der Waals surface area (Å²) in [4.78, 5) is 20.1. The van der Waals surface area contributed by atoms with Crippen LogP contribution < -0.4 is 0 Å². The summed E-state index contributed by atoms with van der Waals surface area (Å²) < 4.78 is 0. The Labute approximate surface area is 64.2 Å². The molecule has 2 nitrogen and oxygen atoms in total. The SMILES string of the molecule is CC(=O)CC(C)=O.[Ta]. The van der Waals surface area contributed by atoms with Gasteiger partial charge in [0.1, 0.15) is 11.6 Å². The van der Waals surface area contributed by atoms with E-state index < -0.39 is 0 Å². The Morgan fingerprint density at radius 3 is 1.38 bits per heavy atom. The second-order valence-corrected chi connectivity index (χ2v) is 1.58. The van der Waals surface area contributed by atoms with E-state index in [0.29, 0.717) is 0 Å². The van der Waals surface area contributed by atoms with Gasteiger partial charge in [-0.25, -0.2) is 0 Å². The van der Waals surface area contributed by atoms with Crippen LogP contribution in [0.25, 0.3) is 0 Å². The summed E-state index contributed by atoms with van der Waals surface area (Å²) in [5.41, 5.74) is 0. The summed E-state index contributed by atoms with van der Waals surface area (Å²) in [6, 6.07) is 0. The van der Waals surface area contributed by atoms with Crippen molar-refractivity contribution in [1.29, 1.82) is 0 Å². The quantitative estimate of drug-likeness (QED) is 0.693. The van der Waals surface area contributed by atoms with Gasteiger partial charge >= 0.3 is 0 Å². The molecule has 0 atom stereocenters. The molecule has 1 radical (unpaired) electrons. The van der Waals surface area contributed by atoms with Crippen LogP contribution in [0.15, 0.2) is 0 Å². The normalized spacial score (nSPS) is 7.25. The molecule has 0 fully saturated rings. The summed E-state index contributed by atoms with van der Waals surface area (Å²) in [5, 5.41) is 0. The Morgan fingerprint density at radius 1 is 1.12 bits per heavy atom. The van der Waals surface area contributed by atoms with E-state index in [0.717, 1.165) is 0 Å². The number of rotatable bonds is 2. The van der Waals surface area contributed by atoms with Gasteiger partial charge in [0, 0.05) is 22.4 Å². The molecule has 0 saturated carbocycles. The van der Waals surface area contributed by atoms with Gasteiger partial charge in [-0.3, -0.25) is 9.59 Å². The minimum absolute atomic E-state index is 0. The van der Waals surface area contributed by atoms with Gasteiger partial charge in [-0.2, -0.15) is 0 Å². The Morgan fingerprint density at radius 2 is 1.38 bits per heavy atom. The molecule has 0 heterocycles. The van der Waals surface area contributed by atoms with Crippen LogP contribution in [-0.2, 0) is 32.0 Å². The predicted molar refractivity (Wildman–Crippen MR) is 26.0 cm³/mol. The summed E-state index contributed by atoms with van der Waals surface area (Å²) in [6.45, 7) is 2.81. The van der Waals surface area contributed by atoms with Crippen molar-refractivity contribution in [2.45, 2.75) is 20.3 Å². The summed E-state index contributed by atoms with van der Waals surface area (Å²) in [5.74, 6) is -0.125. The first-order chi connectivity index (χ1) is 3.13. The molecule has 0 amide bonds. The average Bonchev–Trinajstić information content (AvgIpc) is 1.27. The van der Waals surface area contributed by atoms with Crippen LogP contribution >= 0.6 is 0 Å². The van der Waals surface area contributed by atoms with Gasteiger partial charge in [-0.15, -0.1) is 0 Å². The van der Waals surface area contributed by atoms with Crippen molar-refractivity contribution in [3.63, 3.8) is 0 Å². The molecule has 0 aromatic carbocycles. The second-order valence-electron chi connectivity index (χ2n) is 1.58. The summed E-state index contributed by atoms with van der Waals surface area (Å²) in [6.07, 6.45) is 0.0833. The van der Waals surface area contributed by atoms with E-state index in [1.165, 1.54) is 13.8 Å². The zero-order valence-electron chi connectivity index (χ0n) is 4.97. The monoisotopic (exact) mass is 281 g/mol. The second kappa shape index (κ2) is 5.22. The van der Waals surface area contributed by atoms with Gasteiger partial charge in [0.05, 0.1) is 6.42 Å². The van der Waals surface area contributed by atoms with E-state index in [-0.39, 0.29) is 40.4 Å². The topological polar surface area (TPSA) is 34.1 Å². The molecule has 0 bridgehead atoms. The van der Waals surface area contributed by atoms with Gasteiger partial charge in [-0.05, 0) is 13.8 Å². The molecule has 0 aliphatic heterocycles. The van der Waals surface area contributed by atoms with Crippen molar-refractivity contribution in [2.24, 2.45) is 0 Å². The minimum atomic E-state index is -0.0625. The molecule has 0 spiro atoms. The standard InChI is InChI=1S/C5H8O2.Ta/c1-4(6)3-5(2)7;/h3H2,1-2H3;. The Hall–Kier alpha value is 0.0803. The fraction of sp³-hybridized carbons (Fsp3) is 0.600. The number of Topliss-reactive ketones (excluding diaryl/α,β-unsaturated/α-hetero) is 2. The number of ketones is 2. The Bertz CT molecular complexity index is 86.6. The van der Waals surface area contributed by atoms with Crippen LogP contribution in [0.1, 0.15) is 20.3 Å². The Balaban J connectivity index is 0. The Kier molecular flexibility index (Phi) is 7.15. The van der Waals surface area contributed by atoms with Gasteiger partial charge < -0.3 is 0 Å². The number of carbonyl (C=O) groups excluding carboxylic acids is 2. The van der Waals surface area contributed by atoms with Crippen LogP contribution in [0.4, 0.5) is 0 Å². The van der Waals surface area contributed by atoms with Crippen molar-refractivity contribution in [1.82, 2.24) is 0 Å². The molecule has 0 aliphatic carbocycles. The first kappa shape index (κ1) is 11.0. The molecule has 0 aliphatic rings. The molecular formula is C5H8O2Ta. The molecule has 45 valence electrons. The van der Waals surface area contributed by atoms with E-state index in [9.17, 15) is 9.59 Å². The molecule has 0 aromatic heterocycles. The number of hydrogen-bond donors (Lipinski definition) is 0. The van der Waals surface area contributed by atoms with Crippen LogP contribution in [0.3, 0.4) is 0 Å². The zero-order valence-corrected chi connectivity index (χ0v) is 8.18. The molecule has 3 heteroatoms. The van der Waals surface area contributed by atoms with Crippen molar-refractivity contribution in [3.05, 3.63) is 0 Å². The van der Waals surface area contributed by atoms with Gasteiger partial charge in [0.15, 0.2) is 0 Å². The first-order valence-electron chi connectivity index (χ1n) is 2.12. The van der Waals surface area contributed by atoms with Crippen LogP contribution in [-0.4, -0.2) is 11.6 Å². The van der Waals surface area contributed by atoms with Crippen LogP contribution in [0.5, 0.6) is 0 Å². The van der Waals surface area contributed by atoms with Crippen molar-refractivity contribution in [3.8, 4) is 0 Å². The van der Waals surface area contributed by atoms with Crippen molar-refractivity contribution >= 4 is 11.6 Å². The average molecular weight is 281 g/mol. The predicted octanol–water partition coefficient (Wildman–Crippen LogP) is 0.552. The maximum atomic E-state index is 10.0. The van der Waals surface area contributed by atoms with Crippen LogP contribution in [0, 0.1) is 0 Å². The van der Waals surface area contributed by atoms with Gasteiger partial charge in [0.25, 0.3) is 0 Å². The van der Waals surface area contributed by atoms with E-state index >= 15 is 0 Å². The number of hydrogen-bond acceptors (Lipinski definition) is 2. The maximum absolute atomic E-state index is 10.0. The summed E-state index contributed by atoms with van der Waals surface area (Å²) >= 11 is 0. The molecule has 8 heavy (non-hydrogen) atoms. The van der Waals surface area contributed by atoms with Crippen LogP contribution in [0.2, 0.25) is 0 Å². The third-order valence-electron chi connectivity index (χ3n) is 0.498. The smallest absolute Gasteiger partial charge is 0.137 e. The zero-order chi connectivity index (χ0) is 5.86. The minimum Gasteiger partial charge on any atom is -0.300 e. The van der Waals surface area contributed by atoms with Gasteiger partial charge in [0.2, 0.25) is 0 Å². The van der Waals surface area contributed by atoms with E-state index in [1.807, 2.05) is 0 Å². The fourth-order valence-corrected chi connectivity index (χ4v) is 0.351. The molecule has 0 rings (SSSR count). The number of carbonyl (C=O) groups is 2. The molecule has 0 saturated heterocycles. The molecular weight excluding hydrogens is 273 g/mol. The third-order valence-corrected chi connectivity index (χ3v) is 0.498. The first-order valence-corrected chi connectivity index (χ1v) is 2.12. The van der Waals surface area contributed by atoms with E-state index in [4.69, 9.17) is 0 Å². The van der Waals surface area contributed by atoms with Crippen molar-refractivity contribution in [2.75, 3.05) is 0 Å². The summed E-state index contributed by atoms with van der Waals surface area (Å²) in [7, 11) is 0.